The van der Waals surface area contributed by atoms with Crippen molar-refractivity contribution in [2.75, 3.05) is 14.2 Å². The number of hydroxylamine groups is 2. The molecule has 1 aromatic heterocycles. The summed E-state index contributed by atoms with van der Waals surface area (Å²) in [4.78, 5) is 20.3. The molecule has 0 radical (unpaired) electrons. The molecule has 0 atom stereocenters. The highest BCUT2D eigenvalue weighted by Crippen LogP contribution is 2.09. The van der Waals surface area contributed by atoms with E-state index in [-0.39, 0.29) is 5.91 Å². The van der Waals surface area contributed by atoms with Crippen molar-refractivity contribution >= 4 is 17.2 Å². The molecule has 0 aliphatic heterocycles. The number of rotatable bonds is 3. The fourth-order valence-corrected chi connectivity index (χ4v) is 1.47. The van der Waals surface area contributed by atoms with E-state index in [2.05, 4.69) is 4.98 Å². The molecule has 0 aliphatic rings. The molecule has 13 heavy (non-hydrogen) atoms. The maximum atomic E-state index is 11.3. The zero-order chi connectivity index (χ0) is 9.84. The SMILES string of the molecule is CON(C)C(=O)Cc1csc(C)n1. The Morgan fingerprint density at radius 3 is 2.92 bits per heavy atom. The molecule has 0 fully saturated rings. The molecule has 72 valence electrons. The summed E-state index contributed by atoms with van der Waals surface area (Å²) in [5.41, 5.74) is 0.802. The second-order valence-corrected chi connectivity index (χ2v) is 3.67. The highest BCUT2D eigenvalue weighted by Gasteiger charge is 2.10. The second kappa shape index (κ2) is 4.34. The normalized spacial score (nSPS) is 10.1. The molecule has 1 aromatic rings. The predicted octanol–water partition coefficient (Wildman–Crippen LogP) is 1.01. The van der Waals surface area contributed by atoms with Gasteiger partial charge in [0.25, 0.3) is 5.91 Å². The van der Waals surface area contributed by atoms with Gasteiger partial charge < -0.3 is 0 Å². The van der Waals surface area contributed by atoms with Crippen molar-refractivity contribution in [2.24, 2.45) is 0 Å². The Morgan fingerprint density at radius 2 is 2.46 bits per heavy atom. The fourth-order valence-electron chi connectivity index (χ4n) is 0.858. The molecule has 0 bridgehead atoms. The number of hydrogen-bond donors (Lipinski definition) is 0. The smallest absolute Gasteiger partial charge is 0.251 e. The average Bonchev–Trinajstić information content (AvgIpc) is 2.49. The van der Waals surface area contributed by atoms with E-state index >= 15 is 0 Å². The highest BCUT2D eigenvalue weighted by molar-refractivity contribution is 7.09. The predicted molar refractivity (Wildman–Crippen MR) is 50.3 cm³/mol. The third kappa shape index (κ3) is 2.78. The van der Waals surface area contributed by atoms with Crippen molar-refractivity contribution in [1.82, 2.24) is 10.0 Å². The number of aromatic nitrogens is 1. The van der Waals surface area contributed by atoms with Gasteiger partial charge in [-0.1, -0.05) is 0 Å². The molecule has 1 rings (SSSR count). The van der Waals surface area contributed by atoms with Crippen LogP contribution in [0.25, 0.3) is 0 Å². The Morgan fingerprint density at radius 1 is 1.77 bits per heavy atom. The van der Waals surface area contributed by atoms with Gasteiger partial charge in [-0.05, 0) is 6.92 Å². The van der Waals surface area contributed by atoms with E-state index in [4.69, 9.17) is 4.84 Å². The van der Waals surface area contributed by atoms with Gasteiger partial charge in [0.15, 0.2) is 0 Å². The van der Waals surface area contributed by atoms with E-state index in [1.165, 1.54) is 12.2 Å². The fraction of sp³-hybridized carbons (Fsp3) is 0.500. The van der Waals surface area contributed by atoms with Gasteiger partial charge in [-0.15, -0.1) is 11.3 Å². The minimum atomic E-state index is -0.0900. The van der Waals surface area contributed by atoms with Crippen LogP contribution in [0.3, 0.4) is 0 Å². The number of hydrogen-bond acceptors (Lipinski definition) is 4. The Bertz CT molecular complexity index is 298. The van der Waals surface area contributed by atoms with E-state index in [1.54, 1.807) is 18.4 Å². The monoisotopic (exact) mass is 200 g/mol. The summed E-state index contributed by atoms with van der Waals surface area (Å²) < 4.78 is 0. The van der Waals surface area contributed by atoms with E-state index < -0.39 is 0 Å². The topological polar surface area (TPSA) is 42.4 Å². The van der Waals surface area contributed by atoms with Crippen molar-refractivity contribution in [1.29, 1.82) is 0 Å². The molecule has 4 nitrogen and oxygen atoms in total. The van der Waals surface area contributed by atoms with Crippen LogP contribution in [0.1, 0.15) is 10.7 Å². The standard InChI is InChI=1S/C8H12N2O2S/c1-6-9-7(5-13-6)4-8(11)10(2)12-3/h5H,4H2,1-3H3. The summed E-state index contributed by atoms with van der Waals surface area (Å²) in [6.07, 6.45) is 0.300. The number of thiazole rings is 1. The minimum Gasteiger partial charge on any atom is -0.275 e. The first-order chi connectivity index (χ1) is 6.13. The van der Waals surface area contributed by atoms with Gasteiger partial charge >= 0.3 is 0 Å². The van der Waals surface area contributed by atoms with Crippen LogP contribution in [0.5, 0.6) is 0 Å². The minimum absolute atomic E-state index is 0.0900. The molecule has 1 amide bonds. The number of likely N-dealkylation sites (N-methyl/N-ethyl adjacent to an activating group) is 1. The van der Waals surface area contributed by atoms with E-state index in [0.717, 1.165) is 10.7 Å². The Hall–Kier alpha value is -0.940. The van der Waals surface area contributed by atoms with Crippen LogP contribution in [0.4, 0.5) is 0 Å². The van der Waals surface area contributed by atoms with Crippen molar-refractivity contribution in [2.45, 2.75) is 13.3 Å². The maximum Gasteiger partial charge on any atom is 0.251 e. The lowest BCUT2D eigenvalue weighted by molar-refractivity contribution is -0.167. The lowest BCUT2D eigenvalue weighted by Crippen LogP contribution is -2.27. The summed E-state index contributed by atoms with van der Waals surface area (Å²) in [6, 6.07) is 0. The molecule has 0 saturated carbocycles. The summed E-state index contributed by atoms with van der Waals surface area (Å²) in [5.74, 6) is -0.0900. The number of carbonyl (C=O) groups excluding carboxylic acids is 1. The average molecular weight is 200 g/mol. The van der Waals surface area contributed by atoms with Crippen LogP contribution in [-0.4, -0.2) is 30.1 Å². The van der Waals surface area contributed by atoms with Gasteiger partial charge in [0, 0.05) is 12.4 Å². The van der Waals surface area contributed by atoms with Crippen molar-refractivity contribution in [3.63, 3.8) is 0 Å². The zero-order valence-corrected chi connectivity index (χ0v) is 8.72. The van der Waals surface area contributed by atoms with Crippen LogP contribution < -0.4 is 0 Å². The van der Waals surface area contributed by atoms with Crippen LogP contribution in [-0.2, 0) is 16.1 Å². The second-order valence-electron chi connectivity index (χ2n) is 2.61. The molecule has 0 saturated heterocycles. The third-order valence-electron chi connectivity index (χ3n) is 1.62. The molecule has 0 aliphatic carbocycles. The summed E-state index contributed by atoms with van der Waals surface area (Å²) in [7, 11) is 3.05. The summed E-state index contributed by atoms with van der Waals surface area (Å²) >= 11 is 1.54. The Balaban J connectivity index is 2.54. The number of carbonyl (C=O) groups is 1. The summed E-state index contributed by atoms with van der Waals surface area (Å²) in [5, 5.41) is 4.06. The van der Waals surface area contributed by atoms with Gasteiger partial charge in [0.05, 0.1) is 24.2 Å². The summed E-state index contributed by atoms with van der Waals surface area (Å²) in [6.45, 7) is 1.92. The van der Waals surface area contributed by atoms with Gasteiger partial charge in [-0.25, -0.2) is 10.0 Å². The molecular formula is C8H12N2O2S. The number of aryl methyl sites for hydroxylation is 1. The zero-order valence-electron chi connectivity index (χ0n) is 7.90. The molecule has 5 heteroatoms. The molecule has 0 spiro atoms. The first-order valence-corrected chi connectivity index (χ1v) is 4.73. The van der Waals surface area contributed by atoms with Gasteiger partial charge in [0.2, 0.25) is 0 Å². The van der Waals surface area contributed by atoms with E-state index in [9.17, 15) is 4.79 Å². The lowest BCUT2D eigenvalue weighted by atomic mass is 10.3. The maximum absolute atomic E-state index is 11.3. The molecule has 0 N–H and O–H groups in total. The number of amides is 1. The van der Waals surface area contributed by atoms with Crippen molar-refractivity contribution in [3.8, 4) is 0 Å². The molecule has 0 aromatic carbocycles. The number of nitrogens with zero attached hydrogens (tertiary/aromatic N) is 2. The van der Waals surface area contributed by atoms with Gasteiger partial charge in [-0.3, -0.25) is 9.63 Å². The van der Waals surface area contributed by atoms with Crippen LogP contribution in [0, 0.1) is 6.92 Å². The molecule has 1 heterocycles. The van der Waals surface area contributed by atoms with Crippen LogP contribution >= 0.6 is 11.3 Å². The van der Waals surface area contributed by atoms with Crippen molar-refractivity contribution in [3.05, 3.63) is 16.1 Å². The van der Waals surface area contributed by atoms with E-state index in [0.29, 0.717) is 6.42 Å². The lowest BCUT2D eigenvalue weighted by Gasteiger charge is -2.12. The Kier molecular flexibility index (Phi) is 3.39. The highest BCUT2D eigenvalue weighted by atomic mass is 32.1. The first-order valence-electron chi connectivity index (χ1n) is 3.85. The third-order valence-corrected chi connectivity index (χ3v) is 2.45. The Labute approximate surface area is 81.1 Å². The van der Waals surface area contributed by atoms with Crippen molar-refractivity contribution < 1.29 is 9.63 Å². The quantitative estimate of drug-likeness (QED) is 0.684. The largest absolute Gasteiger partial charge is 0.275 e. The van der Waals surface area contributed by atoms with Gasteiger partial charge in [0.1, 0.15) is 0 Å². The van der Waals surface area contributed by atoms with Crippen LogP contribution in [0.15, 0.2) is 5.38 Å². The van der Waals surface area contributed by atoms with Gasteiger partial charge in [-0.2, -0.15) is 0 Å². The van der Waals surface area contributed by atoms with Crippen LogP contribution in [0.2, 0.25) is 0 Å². The first kappa shape index (κ1) is 10.1. The molecular weight excluding hydrogens is 188 g/mol. The molecule has 0 unspecified atom stereocenters. The van der Waals surface area contributed by atoms with E-state index in [1.807, 2.05) is 12.3 Å².